The van der Waals surface area contributed by atoms with Gasteiger partial charge >= 0.3 is 0 Å². The average molecular weight is 294 g/mol. The van der Waals surface area contributed by atoms with Crippen LogP contribution in [-0.4, -0.2) is 21.8 Å². The quantitative estimate of drug-likeness (QED) is 0.758. The summed E-state index contributed by atoms with van der Waals surface area (Å²) >= 11 is 11.7. The number of benzene rings is 1. The lowest BCUT2D eigenvalue weighted by molar-refractivity contribution is 0.0923. The summed E-state index contributed by atoms with van der Waals surface area (Å²) < 4.78 is 0. The first kappa shape index (κ1) is 12.1. The molecule has 0 fully saturated rings. The van der Waals surface area contributed by atoms with Crippen molar-refractivity contribution < 1.29 is 9.59 Å². The third kappa shape index (κ3) is 1.78. The largest absolute Gasteiger partial charge is 0.286 e. The lowest BCUT2D eigenvalue weighted by atomic mass is 10.3. The van der Waals surface area contributed by atoms with Gasteiger partial charge in [-0.3, -0.25) is 9.59 Å². The maximum atomic E-state index is 12.1. The van der Waals surface area contributed by atoms with Crippen LogP contribution in [0.5, 0.6) is 0 Å². The number of anilines is 1. The molecule has 0 saturated heterocycles. The van der Waals surface area contributed by atoms with Crippen LogP contribution in [0.25, 0.3) is 0 Å². The lowest BCUT2D eigenvalue weighted by Gasteiger charge is -2.13. The minimum absolute atomic E-state index is 0.0403. The van der Waals surface area contributed by atoms with E-state index in [9.17, 15) is 9.59 Å². The molecule has 3 rings (SSSR count). The molecular formula is C12H5Cl2N3O2. The minimum atomic E-state index is -0.522. The van der Waals surface area contributed by atoms with Crippen LogP contribution in [0, 0.1) is 0 Å². The Morgan fingerprint density at radius 3 is 2.00 bits per heavy atom. The molecule has 0 spiro atoms. The third-order valence-electron chi connectivity index (χ3n) is 2.67. The molecule has 2 aromatic rings. The van der Waals surface area contributed by atoms with Gasteiger partial charge in [-0.25, -0.2) is 14.9 Å². The van der Waals surface area contributed by atoms with Crippen molar-refractivity contribution >= 4 is 40.7 Å². The average Bonchev–Trinajstić information content (AvgIpc) is 2.66. The first-order chi connectivity index (χ1) is 9.09. The smallest absolute Gasteiger partial charge is 0.266 e. The number of hydrogen-bond acceptors (Lipinski definition) is 4. The number of carbonyl (C=O) groups excluding carboxylic acids is 2. The second-order valence-electron chi connectivity index (χ2n) is 3.80. The van der Waals surface area contributed by atoms with Crippen molar-refractivity contribution in [1.29, 1.82) is 0 Å². The number of rotatable bonds is 1. The predicted octanol–water partition coefficient (Wildman–Crippen LogP) is 2.58. The highest BCUT2D eigenvalue weighted by Gasteiger charge is 2.39. The molecule has 0 atom stereocenters. The van der Waals surface area contributed by atoms with Crippen LogP contribution in [0.3, 0.4) is 0 Å². The van der Waals surface area contributed by atoms with Crippen molar-refractivity contribution in [3.05, 3.63) is 52.0 Å². The topological polar surface area (TPSA) is 63.2 Å². The van der Waals surface area contributed by atoms with Crippen molar-refractivity contribution in [2.45, 2.75) is 0 Å². The molecule has 0 radical (unpaired) electrons. The maximum absolute atomic E-state index is 12.1. The molecule has 0 aliphatic carbocycles. The van der Waals surface area contributed by atoms with E-state index in [0.717, 1.165) is 4.90 Å². The molecule has 0 saturated carbocycles. The summed E-state index contributed by atoms with van der Waals surface area (Å²) in [7, 11) is 0. The molecule has 1 aliphatic rings. The van der Waals surface area contributed by atoms with Gasteiger partial charge in [0.15, 0.2) is 11.4 Å². The SMILES string of the molecule is O=C1c2nccnc2C(=O)N1c1ccc(Cl)c(Cl)c1. The van der Waals surface area contributed by atoms with E-state index in [1.165, 1.54) is 30.6 Å². The molecule has 2 heterocycles. The van der Waals surface area contributed by atoms with E-state index >= 15 is 0 Å². The Balaban J connectivity index is 2.11. The van der Waals surface area contributed by atoms with Gasteiger partial charge in [-0.15, -0.1) is 0 Å². The molecule has 0 unspecified atom stereocenters. The zero-order valence-corrected chi connectivity index (χ0v) is 10.8. The van der Waals surface area contributed by atoms with Gasteiger partial charge in [-0.1, -0.05) is 23.2 Å². The molecule has 1 aromatic heterocycles. The van der Waals surface area contributed by atoms with E-state index in [-0.39, 0.29) is 16.4 Å². The summed E-state index contributed by atoms with van der Waals surface area (Å²) in [4.78, 5) is 33.0. The highest BCUT2D eigenvalue weighted by atomic mass is 35.5. The van der Waals surface area contributed by atoms with Crippen LogP contribution >= 0.6 is 23.2 Å². The highest BCUT2D eigenvalue weighted by Crippen LogP contribution is 2.31. The number of nitrogens with zero attached hydrogens (tertiary/aromatic N) is 3. The number of carbonyl (C=O) groups is 2. The fourth-order valence-electron chi connectivity index (χ4n) is 1.81. The summed E-state index contributed by atoms with van der Waals surface area (Å²) in [6, 6.07) is 4.51. The molecule has 0 bridgehead atoms. The Morgan fingerprint density at radius 2 is 1.47 bits per heavy atom. The normalized spacial score (nSPS) is 13.9. The second-order valence-corrected chi connectivity index (χ2v) is 4.61. The standard InChI is InChI=1S/C12H5Cl2N3O2/c13-7-2-1-6(5-8(7)14)17-11(18)9-10(12(17)19)16-4-3-15-9/h1-5H. The Bertz CT molecular complexity index is 683. The van der Waals surface area contributed by atoms with Crippen LogP contribution in [0.4, 0.5) is 5.69 Å². The van der Waals surface area contributed by atoms with Crippen molar-refractivity contribution in [3.63, 3.8) is 0 Å². The van der Waals surface area contributed by atoms with Gasteiger partial charge in [0.2, 0.25) is 0 Å². The molecule has 1 aliphatic heterocycles. The van der Waals surface area contributed by atoms with Crippen molar-refractivity contribution in [3.8, 4) is 0 Å². The minimum Gasteiger partial charge on any atom is -0.266 e. The fraction of sp³-hybridized carbons (Fsp3) is 0. The van der Waals surface area contributed by atoms with E-state index in [4.69, 9.17) is 23.2 Å². The summed E-state index contributed by atoms with van der Waals surface area (Å²) in [5, 5.41) is 0.606. The van der Waals surface area contributed by atoms with Crippen LogP contribution in [0.1, 0.15) is 21.0 Å². The van der Waals surface area contributed by atoms with Gasteiger partial charge in [0.25, 0.3) is 11.8 Å². The zero-order chi connectivity index (χ0) is 13.6. The summed E-state index contributed by atoms with van der Waals surface area (Å²) in [6.07, 6.45) is 2.73. The first-order valence-corrected chi connectivity index (χ1v) is 6.00. The van der Waals surface area contributed by atoms with Gasteiger partial charge in [-0.05, 0) is 18.2 Å². The number of halogens is 2. The van der Waals surface area contributed by atoms with Crippen LogP contribution in [-0.2, 0) is 0 Å². The second kappa shape index (κ2) is 4.29. The predicted molar refractivity (Wildman–Crippen MR) is 69.6 cm³/mol. The molecule has 7 heteroatoms. The zero-order valence-electron chi connectivity index (χ0n) is 9.30. The van der Waals surface area contributed by atoms with Crippen molar-refractivity contribution in [2.24, 2.45) is 0 Å². The summed E-state index contributed by atoms with van der Waals surface area (Å²) in [5.74, 6) is -1.04. The van der Waals surface area contributed by atoms with Gasteiger partial charge in [0.05, 0.1) is 15.7 Å². The molecule has 94 valence electrons. The number of amides is 2. The highest BCUT2D eigenvalue weighted by molar-refractivity contribution is 6.42. The number of fused-ring (bicyclic) bond motifs is 1. The molecule has 1 aromatic carbocycles. The molecule has 0 N–H and O–H groups in total. The lowest BCUT2D eigenvalue weighted by Crippen LogP contribution is -2.29. The Hall–Kier alpha value is -1.98. The third-order valence-corrected chi connectivity index (χ3v) is 3.41. The molecule has 19 heavy (non-hydrogen) atoms. The van der Waals surface area contributed by atoms with Crippen LogP contribution < -0.4 is 4.90 Å². The van der Waals surface area contributed by atoms with Gasteiger partial charge in [0, 0.05) is 12.4 Å². The number of imide groups is 1. The van der Waals surface area contributed by atoms with Gasteiger partial charge < -0.3 is 0 Å². The monoisotopic (exact) mass is 293 g/mol. The number of hydrogen-bond donors (Lipinski definition) is 0. The fourth-order valence-corrected chi connectivity index (χ4v) is 2.11. The Kier molecular flexibility index (Phi) is 2.73. The Morgan fingerprint density at radius 1 is 0.895 bits per heavy atom. The van der Waals surface area contributed by atoms with Crippen LogP contribution in [0.2, 0.25) is 10.0 Å². The van der Waals surface area contributed by atoms with Crippen LogP contribution in [0.15, 0.2) is 30.6 Å². The summed E-state index contributed by atoms with van der Waals surface area (Å²) in [6.45, 7) is 0. The van der Waals surface area contributed by atoms with E-state index in [2.05, 4.69) is 9.97 Å². The molecule has 2 amide bonds. The van der Waals surface area contributed by atoms with Crippen molar-refractivity contribution in [2.75, 3.05) is 4.90 Å². The van der Waals surface area contributed by atoms with E-state index < -0.39 is 11.8 Å². The summed E-state index contributed by atoms with van der Waals surface area (Å²) in [5.41, 5.74) is 0.418. The maximum Gasteiger partial charge on any atom is 0.286 e. The van der Waals surface area contributed by atoms with E-state index in [1.54, 1.807) is 0 Å². The van der Waals surface area contributed by atoms with Gasteiger partial charge in [-0.2, -0.15) is 0 Å². The van der Waals surface area contributed by atoms with E-state index in [1.807, 2.05) is 0 Å². The van der Waals surface area contributed by atoms with E-state index in [0.29, 0.717) is 10.7 Å². The number of aromatic nitrogens is 2. The first-order valence-electron chi connectivity index (χ1n) is 5.24. The Labute approximate surface area is 117 Å². The molecule has 5 nitrogen and oxygen atoms in total. The van der Waals surface area contributed by atoms with Gasteiger partial charge in [0.1, 0.15) is 0 Å². The molecular weight excluding hydrogens is 289 g/mol. The van der Waals surface area contributed by atoms with Crippen molar-refractivity contribution in [1.82, 2.24) is 9.97 Å².